The van der Waals surface area contributed by atoms with E-state index in [1.807, 2.05) is 65.6 Å². The van der Waals surface area contributed by atoms with E-state index in [4.69, 9.17) is 20.3 Å². The van der Waals surface area contributed by atoms with Gasteiger partial charge in [-0.25, -0.2) is 0 Å². The van der Waals surface area contributed by atoms with Crippen LogP contribution in [-0.4, -0.2) is 88.2 Å². The van der Waals surface area contributed by atoms with Gasteiger partial charge in [-0.15, -0.1) is 4.68 Å². The fraction of sp³-hybridized carbons (Fsp3) is 0.323. The number of carbonyl (C=O) groups excluding carboxylic acids is 1. The number of aromatic nitrogens is 2. The van der Waals surface area contributed by atoms with Crippen molar-refractivity contribution in [3.63, 3.8) is 0 Å². The van der Waals surface area contributed by atoms with Crippen molar-refractivity contribution in [3.8, 4) is 11.5 Å². The van der Waals surface area contributed by atoms with Crippen molar-refractivity contribution in [2.75, 3.05) is 51.7 Å². The van der Waals surface area contributed by atoms with Gasteiger partial charge in [-0.05, 0) is 54.2 Å². The standard InChI is InChI=1S/C31H34N7O3/c32-30-28-29(24-10-12-26(13-11-24)41-25-7-2-1-3-8-25)35-38(31(28)34-22-33-30)21-23-6-4-15-37(20-23)27(39)9-5-14-36-16-18-40-19-17-36/h1-3,5,7-13,21-23H,4,6,14-20H2,(H2,32,33,34)/q+1/b9-5+,38-21-. The summed E-state index contributed by atoms with van der Waals surface area (Å²) in [6, 6.07) is 17.4. The number of morpholine rings is 1. The molecule has 2 fully saturated rings. The third-order valence-corrected chi connectivity index (χ3v) is 7.47. The highest BCUT2D eigenvalue weighted by Gasteiger charge is 2.34. The van der Waals surface area contributed by atoms with Crippen molar-refractivity contribution in [2.24, 2.45) is 11.0 Å². The zero-order valence-corrected chi connectivity index (χ0v) is 22.9. The number of nitrogens with two attached hydrogens (primary N) is 1. The lowest BCUT2D eigenvalue weighted by Gasteiger charge is -2.30. The van der Waals surface area contributed by atoms with E-state index in [-0.39, 0.29) is 11.8 Å². The van der Waals surface area contributed by atoms with Gasteiger partial charge in [0.05, 0.1) is 13.2 Å². The molecular weight excluding hydrogens is 518 g/mol. The summed E-state index contributed by atoms with van der Waals surface area (Å²) in [6.45, 7) is 5.45. The maximum Gasteiger partial charge on any atom is 0.363 e. The summed E-state index contributed by atoms with van der Waals surface area (Å²) in [5.74, 6) is 2.70. The fourth-order valence-corrected chi connectivity index (χ4v) is 5.33. The quantitative estimate of drug-likeness (QED) is 0.353. The number of hydrogen-bond acceptors (Lipinski definition) is 8. The number of benzene rings is 2. The third-order valence-electron chi connectivity index (χ3n) is 7.47. The fourth-order valence-electron chi connectivity index (χ4n) is 5.33. The normalized spacial score (nSPS) is 20.3. The number of para-hydroxylation sites is 1. The Morgan fingerprint density at radius 1 is 1.05 bits per heavy atom. The molecule has 210 valence electrons. The number of nitrogens with zero attached hydrogens (tertiary/aromatic N) is 6. The molecule has 3 aliphatic rings. The summed E-state index contributed by atoms with van der Waals surface area (Å²) >= 11 is 0. The van der Waals surface area contributed by atoms with Crippen LogP contribution in [0.1, 0.15) is 24.0 Å². The van der Waals surface area contributed by atoms with Gasteiger partial charge in [0.15, 0.2) is 0 Å². The topological polar surface area (TPSA) is 109 Å². The number of amides is 1. The van der Waals surface area contributed by atoms with E-state index >= 15 is 0 Å². The molecule has 0 spiro atoms. The number of fused-ring (bicyclic) bond motifs is 1. The molecular formula is C31H34N7O3+. The Morgan fingerprint density at radius 3 is 2.63 bits per heavy atom. The van der Waals surface area contributed by atoms with Gasteiger partial charge in [-0.3, -0.25) is 9.69 Å². The number of nitrogen functional groups attached to an aromatic ring is 1. The number of carbonyl (C=O) groups is 1. The number of likely N-dealkylation sites (tertiary alicyclic amines) is 1. The Hall–Kier alpha value is -4.41. The molecule has 2 saturated heterocycles. The molecule has 2 aromatic carbocycles. The molecule has 1 amide bonds. The number of anilines is 1. The maximum atomic E-state index is 12.9. The second-order valence-electron chi connectivity index (χ2n) is 10.3. The van der Waals surface area contributed by atoms with Gasteiger partial charge < -0.3 is 20.1 Å². The lowest BCUT2D eigenvalue weighted by molar-refractivity contribution is -0.442. The average Bonchev–Trinajstić information content (AvgIpc) is 3.38. The van der Waals surface area contributed by atoms with E-state index in [0.29, 0.717) is 29.5 Å². The van der Waals surface area contributed by atoms with Crippen LogP contribution in [0.15, 0.2) is 78.2 Å². The summed E-state index contributed by atoms with van der Waals surface area (Å²) in [4.78, 5) is 25.9. The highest BCUT2D eigenvalue weighted by molar-refractivity contribution is 6.18. The van der Waals surface area contributed by atoms with Crippen LogP contribution in [0.3, 0.4) is 0 Å². The molecule has 1 aromatic heterocycles. The van der Waals surface area contributed by atoms with Gasteiger partial charge >= 0.3 is 5.82 Å². The summed E-state index contributed by atoms with van der Waals surface area (Å²) < 4.78 is 13.1. The minimum Gasteiger partial charge on any atom is -0.457 e. The lowest BCUT2D eigenvalue weighted by Crippen LogP contribution is -2.40. The first-order valence-corrected chi connectivity index (χ1v) is 14.1. The Labute approximate surface area is 239 Å². The van der Waals surface area contributed by atoms with Gasteiger partial charge in [0, 0.05) is 50.3 Å². The van der Waals surface area contributed by atoms with E-state index in [9.17, 15) is 4.79 Å². The van der Waals surface area contributed by atoms with Gasteiger partial charge in [0.1, 0.15) is 34.8 Å². The van der Waals surface area contributed by atoms with Crippen LogP contribution in [0.25, 0.3) is 0 Å². The molecule has 0 radical (unpaired) electrons. The molecule has 3 aliphatic heterocycles. The molecule has 10 nitrogen and oxygen atoms in total. The van der Waals surface area contributed by atoms with Crippen molar-refractivity contribution in [2.45, 2.75) is 12.8 Å². The number of rotatable bonds is 7. The van der Waals surface area contributed by atoms with Crippen LogP contribution in [0.2, 0.25) is 0 Å². The Kier molecular flexibility index (Phi) is 8.11. The molecule has 1 unspecified atom stereocenters. The van der Waals surface area contributed by atoms with Crippen molar-refractivity contribution in [1.82, 2.24) is 19.8 Å². The van der Waals surface area contributed by atoms with Crippen LogP contribution >= 0.6 is 0 Å². The second-order valence-corrected chi connectivity index (χ2v) is 10.3. The van der Waals surface area contributed by atoms with Gasteiger partial charge in [-0.2, -0.15) is 4.98 Å². The largest absolute Gasteiger partial charge is 0.457 e. The summed E-state index contributed by atoms with van der Waals surface area (Å²) in [7, 11) is 0. The van der Waals surface area contributed by atoms with Gasteiger partial charge in [-0.1, -0.05) is 29.4 Å². The lowest BCUT2D eigenvalue weighted by atomic mass is 9.99. The van der Waals surface area contributed by atoms with Crippen molar-refractivity contribution < 1.29 is 19.0 Å². The molecule has 2 N–H and O–H groups in total. The van der Waals surface area contributed by atoms with Crippen LogP contribution in [0.5, 0.6) is 11.5 Å². The molecule has 6 rings (SSSR count). The zero-order chi connectivity index (χ0) is 28.0. The van der Waals surface area contributed by atoms with Crippen LogP contribution in [0.4, 0.5) is 11.6 Å². The highest BCUT2D eigenvalue weighted by atomic mass is 16.5. The number of hydrazone groups is 1. The van der Waals surface area contributed by atoms with E-state index in [0.717, 1.165) is 69.3 Å². The van der Waals surface area contributed by atoms with Crippen molar-refractivity contribution in [1.29, 1.82) is 0 Å². The minimum absolute atomic E-state index is 0.0479. The second kappa shape index (κ2) is 12.4. The Balaban J connectivity index is 1.17. The Morgan fingerprint density at radius 2 is 1.83 bits per heavy atom. The molecule has 0 saturated carbocycles. The van der Waals surface area contributed by atoms with Crippen LogP contribution in [-0.2, 0) is 9.53 Å². The zero-order valence-electron chi connectivity index (χ0n) is 22.9. The third kappa shape index (κ3) is 6.34. The first kappa shape index (κ1) is 26.8. The molecule has 3 aromatic rings. The van der Waals surface area contributed by atoms with Crippen LogP contribution < -0.4 is 10.5 Å². The van der Waals surface area contributed by atoms with E-state index in [1.54, 1.807) is 10.8 Å². The van der Waals surface area contributed by atoms with E-state index in [2.05, 4.69) is 21.1 Å². The molecule has 0 aliphatic carbocycles. The van der Waals surface area contributed by atoms with Crippen LogP contribution in [0, 0.1) is 5.92 Å². The van der Waals surface area contributed by atoms with Crippen molar-refractivity contribution in [3.05, 3.63) is 84.2 Å². The first-order chi connectivity index (χ1) is 20.1. The monoisotopic (exact) mass is 552 g/mol. The smallest absolute Gasteiger partial charge is 0.363 e. The maximum absolute atomic E-state index is 12.9. The van der Waals surface area contributed by atoms with E-state index < -0.39 is 0 Å². The molecule has 1 atom stereocenters. The first-order valence-electron chi connectivity index (χ1n) is 14.1. The van der Waals surface area contributed by atoms with Gasteiger partial charge in [0.25, 0.3) is 0 Å². The minimum atomic E-state index is 0.0479. The summed E-state index contributed by atoms with van der Waals surface area (Å²) in [5.41, 5.74) is 8.61. The average molecular weight is 553 g/mol. The van der Waals surface area contributed by atoms with Gasteiger partial charge in [0.2, 0.25) is 12.2 Å². The summed E-state index contributed by atoms with van der Waals surface area (Å²) in [6.07, 6.45) is 9.07. The number of ether oxygens (including phenoxy) is 2. The molecule has 0 bridgehead atoms. The number of piperidine rings is 1. The predicted molar refractivity (Wildman–Crippen MR) is 157 cm³/mol. The summed E-state index contributed by atoms with van der Waals surface area (Å²) in [5, 5.41) is 4.90. The number of hydrogen-bond donors (Lipinski definition) is 1. The SMILES string of the molecule is Nc1ncnc2c1C(c1ccc(Oc3ccccc3)cc1)=N/[N+]2=C\C1CCCN(C(=O)/C=C/CN2CCOCC2)C1. The highest BCUT2D eigenvalue weighted by Crippen LogP contribution is 2.32. The van der Waals surface area contributed by atoms with E-state index in [1.165, 1.54) is 6.33 Å². The van der Waals surface area contributed by atoms with Crippen molar-refractivity contribution >= 4 is 29.5 Å². The molecule has 41 heavy (non-hydrogen) atoms. The predicted octanol–water partition coefficient (Wildman–Crippen LogP) is 3.46. The Bertz CT molecular complexity index is 1460. The molecule has 4 heterocycles. The molecule has 10 heteroatoms.